The molecule has 0 aliphatic rings. The van der Waals surface area contributed by atoms with Gasteiger partial charge in [0.15, 0.2) is 5.78 Å². The molecule has 33 heavy (non-hydrogen) atoms. The number of nitrogens with zero attached hydrogens (tertiary/aromatic N) is 2. The number of nitrogens with two attached hydrogens (primary N) is 1. The van der Waals surface area contributed by atoms with Crippen molar-refractivity contribution >= 4 is 50.4 Å². The summed E-state index contributed by atoms with van der Waals surface area (Å²) in [6.07, 6.45) is 0. The van der Waals surface area contributed by atoms with Crippen LogP contribution in [0, 0.1) is 11.3 Å². The number of rotatable bonds is 7. The van der Waals surface area contributed by atoms with Gasteiger partial charge in [-0.3, -0.25) is 15.0 Å². The first-order valence-corrected chi connectivity index (χ1v) is 11.2. The van der Waals surface area contributed by atoms with E-state index in [-0.39, 0.29) is 27.6 Å². The van der Waals surface area contributed by atoms with Crippen molar-refractivity contribution in [1.29, 1.82) is 5.26 Å². The number of hydrogen-bond donors (Lipinski definition) is 3. The number of anilines is 2. The summed E-state index contributed by atoms with van der Waals surface area (Å²) in [4.78, 5) is 25.1. The van der Waals surface area contributed by atoms with Crippen LogP contribution in [-0.4, -0.2) is 25.8 Å². The third-order valence-corrected chi connectivity index (χ3v) is 5.48. The van der Waals surface area contributed by atoms with Gasteiger partial charge in [-0.25, -0.2) is 13.6 Å². The highest BCUT2D eigenvalue weighted by molar-refractivity contribution is 7.89. The van der Waals surface area contributed by atoms with Crippen LogP contribution in [0.5, 0.6) is 0 Å². The smallest absolute Gasteiger partial charge is 0.287 e. The van der Waals surface area contributed by atoms with Crippen molar-refractivity contribution in [1.82, 2.24) is 0 Å². The first-order chi connectivity index (χ1) is 15.7. The van der Waals surface area contributed by atoms with E-state index in [0.29, 0.717) is 10.6 Å². The summed E-state index contributed by atoms with van der Waals surface area (Å²) in [5, 5.41) is 20.9. The molecule has 3 aromatic carbocycles. The molecule has 1 amide bonds. The standard InChI is InChI=1S/C22H16ClN5O4S/c23-15-6-11-19(18(12-15)21(29)14-4-2-1-3-5-14)27-28-20(13-24)22(30)26-16-7-9-17(10-8-16)33(25,31)32/h1-12,27H,(H,26,30)(H2,25,31,32). The second-order valence-corrected chi connectivity index (χ2v) is 8.59. The number of carbonyl (C=O) groups is 2. The molecule has 0 spiro atoms. The molecule has 0 saturated heterocycles. The average Bonchev–Trinajstić information content (AvgIpc) is 2.80. The Hall–Kier alpha value is -4.04. The maximum Gasteiger partial charge on any atom is 0.287 e. The molecule has 0 bridgehead atoms. The molecular formula is C22H16ClN5O4S. The van der Waals surface area contributed by atoms with E-state index >= 15 is 0 Å². The summed E-state index contributed by atoms with van der Waals surface area (Å²) in [6, 6.07) is 19.7. The van der Waals surface area contributed by atoms with E-state index in [0.717, 1.165) is 0 Å². The first-order valence-electron chi connectivity index (χ1n) is 9.26. The Balaban J connectivity index is 1.81. The first kappa shape index (κ1) is 23.6. The highest BCUT2D eigenvalue weighted by Gasteiger charge is 2.16. The van der Waals surface area contributed by atoms with Crippen molar-refractivity contribution in [2.75, 3.05) is 10.7 Å². The lowest BCUT2D eigenvalue weighted by molar-refractivity contribution is -0.110. The molecule has 166 valence electrons. The molecule has 0 unspecified atom stereocenters. The molecular weight excluding hydrogens is 466 g/mol. The lowest BCUT2D eigenvalue weighted by Gasteiger charge is -2.10. The molecule has 0 heterocycles. The number of sulfonamides is 1. The number of nitrogens with one attached hydrogen (secondary N) is 2. The second kappa shape index (κ2) is 10.1. The minimum atomic E-state index is -3.88. The molecule has 11 heteroatoms. The van der Waals surface area contributed by atoms with Gasteiger partial charge in [0.1, 0.15) is 6.07 Å². The van der Waals surface area contributed by atoms with E-state index in [4.69, 9.17) is 16.7 Å². The fourth-order valence-electron chi connectivity index (χ4n) is 2.71. The van der Waals surface area contributed by atoms with E-state index < -0.39 is 21.6 Å². The highest BCUT2D eigenvalue weighted by atomic mass is 35.5. The van der Waals surface area contributed by atoms with E-state index in [1.165, 1.54) is 42.5 Å². The van der Waals surface area contributed by atoms with Crippen molar-refractivity contribution in [3.8, 4) is 6.07 Å². The molecule has 4 N–H and O–H groups in total. The summed E-state index contributed by atoms with van der Waals surface area (Å²) >= 11 is 6.04. The lowest BCUT2D eigenvalue weighted by Crippen LogP contribution is -2.23. The molecule has 0 atom stereocenters. The Morgan fingerprint density at radius 3 is 2.27 bits per heavy atom. The van der Waals surface area contributed by atoms with Gasteiger partial charge in [0.2, 0.25) is 15.7 Å². The molecule has 3 rings (SSSR count). The Morgan fingerprint density at radius 2 is 1.67 bits per heavy atom. The number of hydrogen-bond acceptors (Lipinski definition) is 7. The summed E-state index contributed by atoms with van der Waals surface area (Å²) in [6.45, 7) is 0. The van der Waals surface area contributed by atoms with Crippen LogP contribution in [0.1, 0.15) is 15.9 Å². The van der Waals surface area contributed by atoms with Crippen LogP contribution in [0.4, 0.5) is 11.4 Å². The molecule has 0 aromatic heterocycles. The summed E-state index contributed by atoms with van der Waals surface area (Å²) in [5.41, 5.74) is 3.13. The number of nitriles is 1. The molecule has 9 nitrogen and oxygen atoms in total. The minimum Gasteiger partial charge on any atom is -0.320 e. The molecule has 3 aromatic rings. The zero-order chi connectivity index (χ0) is 24.0. The third kappa shape index (κ3) is 6.02. The monoisotopic (exact) mass is 481 g/mol. The van der Waals surface area contributed by atoms with Gasteiger partial charge in [-0.15, -0.1) is 0 Å². The molecule has 0 fully saturated rings. The largest absolute Gasteiger partial charge is 0.320 e. The summed E-state index contributed by atoms with van der Waals surface area (Å²) in [7, 11) is -3.88. The maximum absolute atomic E-state index is 12.9. The Kier molecular flexibility index (Phi) is 7.20. The zero-order valence-corrected chi connectivity index (χ0v) is 18.4. The van der Waals surface area contributed by atoms with Crippen molar-refractivity contribution in [2.24, 2.45) is 10.2 Å². The third-order valence-electron chi connectivity index (χ3n) is 4.31. The number of carbonyl (C=O) groups excluding carboxylic acids is 2. The number of ketones is 1. The molecule has 0 aliphatic heterocycles. The van der Waals surface area contributed by atoms with E-state index in [2.05, 4.69) is 15.8 Å². The number of halogens is 1. The van der Waals surface area contributed by atoms with Gasteiger partial charge >= 0.3 is 0 Å². The van der Waals surface area contributed by atoms with Crippen LogP contribution in [0.2, 0.25) is 5.02 Å². The fourth-order valence-corrected chi connectivity index (χ4v) is 3.40. The topological polar surface area (TPSA) is 155 Å². The predicted octanol–water partition coefficient (Wildman–Crippen LogP) is 3.15. The lowest BCUT2D eigenvalue weighted by atomic mass is 10.0. The van der Waals surface area contributed by atoms with Gasteiger partial charge in [0, 0.05) is 21.8 Å². The Labute approximate surface area is 194 Å². The van der Waals surface area contributed by atoms with Crippen molar-refractivity contribution in [2.45, 2.75) is 4.90 Å². The molecule has 0 radical (unpaired) electrons. The zero-order valence-electron chi connectivity index (χ0n) is 16.8. The van der Waals surface area contributed by atoms with E-state index in [9.17, 15) is 23.3 Å². The number of amides is 1. The van der Waals surface area contributed by atoms with E-state index in [1.807, 2.05) is 0 Å². The predicted molar refractivity (Wildman–Crippen MR) is 124 cm³/mol. The fraction of sp³-hybridized carbons (Fsp3) is 0. The second-order valence-electron chi connectivity index (χ2n) is 6.59. The van der Waals surface area contributed by atoms with Gasteiger partial charge < -0.3 is 5.32 Å². The van der Waals surface area contributed by atoms with Gasteiger partial charge in [0.25, 0.3) is 5.91 Å². The number of primary sulfonamides is 1. The Morgan fingerprint density at radius 1 is 1.00 bits per heavy atom. The quantitative estimate of drug-likeness (QED) is 0.267. The van der Waals surface area contributed by atoms with Crippen LogP contribution in [0.25, 0.3) is 0 Å². The molecule has 0 saturated carbocycles. The maximum atomic E-state index is 12.9. The minimum absolute atomic E-state index is 0.130. The van der Waals surface area contributed by atoms with Crippen molar-refractivity contribution in [3.63, 3.8) is 0 Å². The van der Waals surface area contributed by atoms with Gasteiger partial charge in [-0.1, -0.05) is 41.9 Å². The highest BCUT2D eigenvalue weighted by Crippen LogP contribution is 2.24. The van der Waals surface area contributed by atoms with Gasteiger partial charge in [0.05, 0.1) is 10.6 Å². The normalized spacial score (nSPS) is 11.4. The van der Waals surface area contributed by atoms with Crippen LogP contribution in [0.15, 0.2) is 82.8 Å². The number of benzene rings is 3. The van der Waals surface area contributed by atoms with Crippen LogP contribution < -0.4 is 15.9 Å². The summed E-state index contributed by atoms with van der Waals surface area (Å²) in [5.74, 6) is -1.17. The van der Waals surface area contributed by atoms with Crippen LogP contribution in [-0.2, 0) is 14.8 Å². The van der Waals surface area contributed by atoms with Gasteiger partial charge in [-0.2, -0.15) is 10.4 Å². The van der Waals surface area contributed by atoms with Crippen molar-refractivity contribution in [3.05, 3.63) is 88.9 Å². The van der Waals surface area contributed by atoms with Gasteiger partial charge in [-0.05, 0) is 42.5 Å². The average molecular weight is 482 g/mol. The number of hydrazone groups is 1. The van der Waals surface area contributed by atoms with Crippen LogP contribution in [0.3, 0.4) is 0 Å². The van der Waals surface area contributed by atoms with Crippen molar-refractivity contribution < 1.29 is 18.0 Å². The molecule has 0 aliphatic carbocycles. The SMILES string of the molecule is N#CC(=NNc1ccc(Cl)cc1C(=O)c1ccccc1)C(=O)Nc1ccc(S(N)(=O)=O)cc1. The Bertz CT molecular complexity index is 1380. The van der Waals surface area contributed by atoms with Crippen LogP contribution >= 0.6 is 11.6 Å². The summed E-state index contributed by atoms with van der Waals surface area (Å²) < 4.78 is 22.6. The van der Waals surface area contributed by atoms with E-state index in [1.54, 1.807) is 36.4 Å².